The van der Waals surface area contributed by atoms with Crippen LogP contribution in [0.5, 0.6) is 0 Å². The van der Waals surface area contributed by atoms with Crippen LogP contribution in [0.4, 0.5) is 0 Å². The van der Waals surface area contributed by atoms with Crippen molar-refractivity contribution < 1.29 is 0 Å². The van der Waals surface area contributed by atoms with Gasteiger partial charge in [-0.15, -0.1) is 0 Å². The van der Waals surface area contributed by atoms with E-state index in [1.54, 1.807) is 0 Å². The molecule has 0 nitrogen and oxygen atoms in total. The van der Waals surface area contributed by atoms with E-state index in [2.05, 4.69) is 45.2 Å². The molecule has 0 amide bonds. The topological polar surface area (TPSA) is 0 Å². The quantitative estimate of drug-likeness (QED) is 0.237. The normalized spacial score (nSPS) is 9.59. The predicted molar refractivity (Wildman–Crippen MR) is 96.9 cm³/mol. The Labute approximate surface area is 138 Å². The Bertz CT molecular complexity index is 231. The molecule has 3 heteroatoms. The summed E-state index contributed by atoms with van der Waals surface area (Å²) in [5.41, 5.74) is 0. The molecule has 0 unspecified atom stereocenters. The van der Waals surface area contributed by atoms with Gasteiger partial charge in [-0.25, -0.2) is 0 Å². The minimum absolute atomic E-state index is 0.794. The highest BCUT2D eigenvalue weighted by molar-refractivity contribution is 14.1. The molecule has 0 saturated heterocycles. The minimum Gasteiger partial charge on any atom is -0.0864 e. The number of halogens is 3. The summed E-state index contributed by atoms with van der Waals surface area (Å²) in [6.45, 7) is 0. The highest BCUT2D eigenvalue weighted by Gasteiger charge is 1.88. The molecule has 1 aromatic rings. The van der Waals surface area contributed by atoms with E-state index in [0.29, 0.717) is 0 Å². The Kier molecular flexibility index (Phi) is 15.9. The molecule has 98 valence electrons. The smallest absolute Gasteiger partial charge is 0.0405 e. The maximum atomic E-state index is 5.54. The molecular formula is C14H21ClI2. The second kappa shape index (κ2) is 15.0. The second-order valence-corrected chi connectivity index (χ2v) is 6.39. The molecule has 0 spiro atoms. The number of alkyl halides is 2. The lowest BCUT2D eigenvalue weighted by molar-refractivity contribution is 0.633. The van der Waals surface area contributed by atoms with Crippen molar-refractivity contribution >= 4 is 56.8 Å². The van der Waals surface area contributed by atoms with E-state index in [-0.39, 0.29) is 0 Å². The zero-order chi connectivity index (χ0) is 12.8. The lowest BCUT2D eigenvalue weighted by Gasteiger charge is -1.96. The largest absolute Gasteiger partial charge is 0.0864 e. The van der Waals surface area contributed by atoms with Crippen molar-refractivity contribution in [3.05, 3.63) is 35.4 Å². The third-order valence-electron chi connectivity index (χ3n) is 2.25. The van der Waals surface area contributed by atoms with Gasteiger partial charge in [0.1, 0.15) is 0 Å². The first-order valence-electron chi connectivity index (χ1n) is 6.13. The summed E-state index contributed by atoms with van der Waals surface area (Å²) in [4.78, 5) is 0. The highest BCUT2D eigenvalue weighted by atomic mass is 127. The molecule has 0 N–H and O–H groups in total. The van der Waals surface area contributed by atoms with Gasteiger partial charge < -0.3 is 0 Å². The second-order valence-electron chi connectivity index (χ2n) is 3.79. The summed E-state index contributed by atoms with van der Waals surface area (Å²) in [6, 6.07) is 9.44. The zero-order valence-corrected chi connectivity index (χ0v) is 15.2. The molecule has 0 saturated carbocycles. The van der Waals surface area contributed by atoms with Gasteiger partial charge in [0.15, 0.2) is 0 Å². The van der Waals surface area contributed by atoms with E-state index >= 15 is 0 Å². The van der Waals surface area contributed by atoms with Crippen LogP contribution in [-0.2, 0) is 0 Å². The van der Waals surface area contributed by atoms with E-state index in [4.69, 9.17) is 11.6 Å². The van der Waals surface area contributed by atoms with Crippen LogP contribution in [0.15, 0.2) is 30.3 Å². The standard InChI is InChI=1S/C8H16I2.C6H5Cl/c9-7-5-3-1-2-4-6-8-10;7-6-4-2-1-3-5-6/h1-8H2;1-5H. The summed E-state index contributed by atoms with van der Waals surface area (Å²) < 4.78 is 2.67. The molecule has 0 aliphatic rings. The number of unbranched alkanes of at least 4 members (excludes halogenated alkanes) is 5. The molecule has 0 aromatic heterocycles. The Balaban J connectivity index is 0.000000318. The predicted octanol–water partition coefficient (Wildman–Crippen LogP) is 6.54. The van der Waals surface area contributed by atoms with Gasteiger partial charge in [0.2, 0.25) is 0 Å². The Morgan fingerprint density at radius 1 is 0.706 bits per heavy atom. The van der Waals surface area contributed by atoms with E-state index in [9.17, 15) is 0 Å². The lowest BCUT2D eigenvalue weighted by Crippen LogP contribution is -1.80. The van der Waals surface area contributed by atoms with Gasteiger partial charge in [-0.05, 0) is 33.8 Å². The summed E-state index contributed by atoms with van der Waals surface area (Å²) >= 11 is 10.4. The van der Waals surface area contributed by atoms with Gasteiger partial charge in [-0.1, -0.05) is 101 Å². The molecule has 0 aliphatic heterocycles. The van der Waals surface area contributed by atoms with Crippen LogP contribution < -0.4 is 0 Å². The average Bonchev–Trinajstić information content (AvgIpc) is 2.35. The minimum atomic E-state index is 0.794. The van der Waals surface area contributed by atoms with E-state index in [1.165, 1.54) is 47.4 Å². The molecular weight excluding hydrogens is 457 g/mol. The molecule has 1 rings (SSSR count). The van der Waals surface area contributed by atoms with Crippen molar-refractivity contribution in [3.8, 4) is 0 Å². The summed E-state index contributed by atoms with van der Waals surface area (Å²) in [7, 11) is 0. The van der Waals surface area contributed by atoms with Crippen LogP contribution in [0.1, 0.15) is 38.5 Å². The van der Waals surface area contributed by atoms with Gasteiger partial charge in [-0.2, -0.15) is 0 Å². The maximum Gasteiger partial charge on any atom is 0.0405 e. The van der Waals surface area contributed by atoms with Crippen LogP contribution >= 0.6 is 56.8 Å². The Morgan fingerprint density at radius 2 is 1.12 bits per heavy atom. The molecule has 0 fully saturated rings. The van der Waals surface area contributed by atoms with Crippen molar-refractivity contribution in [3.63, 3.8) is 0 Å². The summed E-state index contributed by atoms with van der Waals surface area (Å²) in [5.74, 6) is 0. The first-order valence-corrected chi connectivity index (χ1v) is 9.56. The van der Waals surface area contributed by atoms with Gasteiger partial charge in [0.25, 0.3) is 0 Å². The third kappa shape index (κ3) is 14.9. The van der Waals surface area contributed by atoms with E-state index in [0.717, 1.165) is 5.02 Å². The summed E-state index contributed by atoms with van der Waals surface area (Å²) in [6.07, 6.45) is 8.66. The molecule has 0 bridgehead atoms. The van der Waals surface area contributed by atoms with Gasteiger partial charge in [0.05, 0.1) is 0 Å². The number of benzene rings is 1. The van der Waals surface area contributed by atoms with Gasteiger partial charge in [-0.3, -0.25) is 0 Å². The highest BCUT2D eigenvalue weighted by Crippen LogP contribution is 2.07. The average molecular weight is 479 g/mol. The lowest BCUT2D eigenvalue weighted by atomic mass is 10.1. The summed E-state index contributed by atoms with van der Waals surface area (Å²) in [5, 5.41) is 0.794. The van der Waals surface area contributed by atoms with Crippen molar-refractivity contribution in [1.82, 2.24) is 0 Å². The van der Waals surface area contributed by atoms with Crippen molar-refractivity contribution in [1.29, 1.82) is 0 Å². The van der Waals surface area contributed by atoms with Crippen LogP contribution in [0.2, 0.25) is 5.02 Å². The van der Waals surface area contributed by atoms with E-state index in [1.807, 2.05) is 30.3 Å². The fraction of sp³-hybridized carbons (Fsp3) is 0.571. The first-order chi connectivity index (χ1) is 8.31. The SMILES string of the molecule is Clc1ccccc1.ICCCCCCCCI. The van der Waals surface area contributed by atoms with Crippen LogP contribution in [-0.4, -0.2) is 8.86 Å². The fourth-order valence-electron chi connectivity index (χ4n) is 1.31. The van der Waals surface area contributed by atoms with Gasteiger partial charge >= 0.3 is 0 Å². The molecule has 0 heterocycles. The van der Waals surface area contributed by atoms with Crippen LogP contribution in [0.25, 0.3) is 0 Å². The molecule has 17 heavy (non-hydrogen) atoms. The fourth-order valence-corrected chi connectivity index (χ4v) is 2.53. The molecule has 0 atom stereocenters. The van der Waals surface area contributed by atoms with Crippen molar-refractivity contribution in [2.45, 2.75) is 38.5 Å². The number of hydrogen-bond donors (Lipinski definition) is 0. The molecule has 1 aromatic carbocycles. The van der Waals surface area contributed by atoms with Crippen LogP contribution in [0, 0.1) is 0 Å². The third-order valence-corrected chi connectivity index (χ3v) is 4.03. The van der Waals surface area contributed by atoms with Crippen LogP contribution in [0.3, 0.4) is 0 Å². The molecule has 0 aliphatic carbocycles. The Morgan fingerprint density at radius 3 is 1.41 bits per heavy atom. The monoisotopic (exact) mass is 478 g/mol. The van der Waals surface area contributed by atoms with Crippen molar-refractivity contribution in [2.24, 2.45) is 0 Å². The number of hydrogen-bond acceptors (Lipinski definition) is 0. The first kappa shape index (κ1) is 18.0. The maximum absolute atomic E-state index is 5.54. The number of rotatable bonds is 7. The molecule has 0 radical (unpaired) electrons. The Hall–Kier alpha value is 0.970. The zero-order valence-electron chi connectivity index (χ0n) is 10.2. The van der Waals surface area contributed by atoms with E-state index < -0.39 is 0 Å². The van der Waals surface area contributed by atoms with Gasteiger partial charge in [0, 0.05) is 5.02 Å². The van der Waals surface area contributed by atoms with Crippen molar-refractivity contribution in [2.75, 3.05) is 8.86 Å².